The van der Waals surface area contributed by atoms with Crippen molar-refractivity contribution >= 4 is 11.6 Å². The summed E-state index contributed by atoms with van der Waals surface area (Å²) in [6, 6.07) is 13.2. The van der Waals surface area contributed by atoms with Gasteiger partial charge in [-0.15, -0.1) is 5.10 Å². The third-order valence-corrected chi connectivity index (χ3v) is 4.07. The summed E-state index contributed by atoms with van der Waals surface area (Å²) in [4.78, 5) is 12.0. The van der Waals surface area contributed by atoms with E-state index in [1.54, 1.807) is 4.68 Å². The molecule has 2 aromatic carbocycles. The first-order valence-corrected chi connectivity index (χ1v) is 8.40. The van der Waals surface area contributed by atoms with E-state index in [2.05, 4.69) is 26.1 Å². The van der Waals surface area contributed by atoms with Crippen molar-refractivity contribution in [3.63, 3.8) is 0 Å². The molecule has 0 aliphatic heterocycles. The Bertz CT molecular complexity index is 966. The lowest BCUT2D eigenvalue weighted by Crippen LogP contribution is -2.25. The number of aromatic nitrogens is 4. The van der Waals surface area contributed by atoms with Crippen LogP contribution in [0.3, 0.4) is 0 Å². The molecule has 1 aromatic heterocycles. The molecule has 3 rings (SSSR count). The van der Waals surface area contributed by atoms with Crippen molar-refractivity contribution in [3.05, 3.63) is 65.5 Å². The molecule has 8 heteroatoms. The Kier molecular flexibility index (Phi) is 5.55. The normalized spacial score (nSPS) is 11.3. The second-order valence-corrected chi connectivity index (χ2v) is 6.07. The molecule has 0 fully saturated rings. The molecule has 1 heterocycles. The van der Waals surface area contributed by atoms with Crippen LogP contribution in [0.15, 0.2) is 53.9 Å². The van der Waals surface area contributed by atoms with E-state index in [1.165, 1.54) is 11.9 Å². The van der Waals surface area contributed by atoms with Gasteiger partial charge in [0, 0.05) is 0 Å². The number of carbonyl (C=O) groups excluding carboxylic acids is 1. The van der Waals surface area contributed by atoms with Crippen molar-refractivity contribution in [3.8, 4) is 11.4 Å². The zero-order valence-corrected chi connectivity index (χ0v) is 15.4. The lowest BCUT2D eigenvalue weighted by atomic mass is 10.1. The fraction of sp³-hybridized carbons (Fsp3) is 0.211. The zero-order valence-electron chi connectivity index (χ0n) is 15.4. The third kappa shape index (κ3) is 4.75. The Morgan fingerprint density at radius 1 is 1.19 bits per heavy atom. The fourth-order valence-electron chi connectivity index (χ4n) is 2.35. The summed E-state index contributed by atoms with van der Waals surface area (Å²) in [7, 11) is 0. The number of tetrazole rings is 1. The van der Waals surface area contributed by atoms with Gasteiger partial charge in [-0.25, -0.2) is 10.1 Å². The minimum atomic E-state index is -0.329. The first kappa shape index (κ1) is 18.2. The number of amides is 1. The van der Waals surface area contributed by atoms with Gasteiger partial charge in [-0.2, -0.15) is 5.10 Å². The van der Waals surface area contributed by atoms with Crippen LogP contribution in [0.1, 0.15) is 23.6 Å². The van der Waals surface area contributed by atoms with E-state index < -0.39 is 0 Å². The SMILES string of the molecule is C/C(=N\NC(=O)COc1ccc(C)c(C)c1)c1cccc(-n2cnnn2)c1. The van der Waals surface area contributed by atoms with Crippen LogP contribution >= 0.6 is 0 Å². The van der Waals surface area contributed by atoms with E-state index in [-0.39, 0.29) is 12.5 Å². The molecule has 0 radical (unpaired) electrons. The molecular formula is C19H20N6O2. The zero-order chi connectivity index (χ0) is 19.2. The Morgan fingerprint density at radius 2 is 2.04 bits per heavy atom. The van der Waals surface area contributed by atoms with Crippen LogP contribution in [0.5, 0.6) is 5.75 Å². The maximum absolute atomic E-state index is 12.0. The van der Waals surface area contributed by atoms with Crippen LogP contribution < -0.4 is 10.2 Å². The molecule has 0 saturated carbocycles. The third-order valence-electron chi connectivity index (χ3n) is 4.07. The van der Waals surface area contributed by atoms with Crippen LogP contribution in [-0.2, 0) is 4.79 Å². The second-order valence-electron chi connectivity index (χ2n) is 6.07. The number of hydrogen-bond acceptors (Lipinski definition) is 6. The summed E-state index contributed by atoms with van der Waals surface area (Å²) >= 11 is 0. The van der Waals surface area contributed by atoms with E-state index in [0.717, 1.165) is 16.8 Å². The average Bonchev–Trinajstić information content (AvgIpc) is 3.22. The predicted molar refractivity (Wildman–Crippen MR) is 101 cm³/mol. The standard InChI is InChI=1S/C19H20N6O2/c1-13-7-8-18(9-14(13)2)27-11-19(26)22-21-15(3)16-5-4-6-17(10-16)25-12-20-23-24-25/h4-10,12H,11H2,1-3H3,(H,22,26)/b21-15+. The van der Waals surface area contributed by atoms with Crippen LogP contribution in [0.4, 0.5) is 0 Å². The van der Waals surface area contributed by atoms with Crippen molar-refractivity contribution in [1.82, 2.24) is 25.6 Å². The highest BCUT2D eigenvalue weighted by molar-refractivity contribution is 5.99. The molecular weight excluding hydrogens is 344 g/mol. The van der Waals surface area contributed by atoms with Gasteiger partial charge < -0.3 is 4.74 Å². The van der Waals surface area contributed by atoms with Crippen LogP contribution in [-0.4, -0.2) is 38.4 Å². The maximum atomic E-state index is 12.0. The van der Waals surface area contributed by atoms with E-state index in [9.17, 15) is 4.79 Å². The average molecular weight is 364 g/mol. The Labute approximate surface area is 156 Å². The fourth-order valence-corrected chi connectivity index (χ4v) is 2.35. The van der Waals surface area contributed by atoms with Crippen LogP contribution in [0.25, 0.3) is 5.69 Å². The van der Waals surface area contributed by atoms with Gasteiger partial charge in [-0.1, -0.05) is 18.2 Å². The van der Waals surface area contributed by atoms with Crippen molar-refractivity contribution in [2.75, 3.05) is 6.61 Å². The monoisotopic (exact) mass is 364 g/mol. The topological polar surface area (TPSA) is 94.3 Å². The maximum Gasteiger partial charge on any atom is 0.277 e. The summed E-state index contributed by atoms with van der Waals surface area (Å²) in [6.07, 6.45) is 1.51. The number of hydrazone groups is 1. The molecule has 138 valence electrons. The molecule has 0 atom stereocenters. The van der Waals surface area contributed by atoms with Gasteiger partial charge in [0.2, 0.25) is 0 Å². The highest BCUT2D eigenvalue weighted by Gasteiger charge is 2.05. The molecule has 3 aromatic rings. The summed E-state index contributed by atoms with van der Waals surface area (Å²) in [6.45, 7) is 5.73. The number of rotatable bonds is 6. The number of ether oxygens (including phenoxy) is 1. The molecule has 0 aliphatic carbocycles. The van der Waals surface area contributed by atoms with Gasteiger partial charge in [0.25, 0.3) is 5.91 Å². The molecule has 8 nitrogen and oxygen atoms in total. The molecule has 1 N–H and O–H groups in total. The van der Waals surface area contributed by atoms with Gasteiger partial charge >= 0.3 is 0 Å². The van der Waals surface area contributed by atoms with Gasteiger partial charge in [0.15, 0.2) is 6.61 Å². The number of benzene rings is 2. The minimum absolute atomic E-state index is 0.107. The van der Waals surface area contributed by atoms with E-state index in [0.29, 0.717) is 11.5 Å². The number of carbonyl (C=O) groups is 1. The lowest BCUT2D eigenvalue weighted by molar-refractivity contribution is -0.123. The Morgan fingerprint density at radius 3 is 2.78 bits per heavy atom. The molecule has 1 amide bonds. The van der Waals surface area contributed by atoms with Gasteiger partial charge in [-0.3, -0.25) is 4.79 Å². The highest BCUT2D eigenvalue weighted by Crippen LogP contribution is 2.16. The molecule has 0 spiro atoms. The van der Waals surface area contributed by atoms with Crippen LogP contribution in [0.2, 0.25) is 0 Å². The Hall–Kier alpha value is -3.55. The van der Waals surface area contributed by atoms with E-state index in [1.807, 2.05) is 63.2 Å². The summed E-state index contributed by atoms with van der Waals surface area (Å²) in [5.41, 5.74) is 7.11. The highest BCUT2D eigenvalue weighted by atomic mass is 16.5. The molecule has 27 heavy (non-hydrogen) atoms. The van der Waals surface area contributed by atoms with E-state index in [4.69, 9.17) is 4.74 Å². The number of nitrogens with zero attached hydrogens (tertiary/aromatic N) is 5. The predicted octanol–water partition coefficient (Wildman–Crippen LogP) is 2.20. The summed E-state index contributed by atoms with van der Waals surface area (Å²) in [5.74, 6) is 0.326. The van der Waals surface area contributed by atoms with Gasteiger partial charge in [0.05, 0.1) is 11.4 Å². The van der Waals surface area contributed by atoms with Gasteiger partial charge in [0.1, 0.15) is 12.1 Å². The molecule has 0 aliphatic rings. The first-order chi connectivity index (χ1) is 13.0. The summed E-state index contributed by atoms with van der Waals surface area (Å²) < 4.78 is 7.05. The number of nitrogens with one attached hydrogen (secondary N) is 1. The molecule has 0 bridgehead atoms. The lowest BCUT2D eigenvalue weighted by Gasteiger charge is -2.08. The van der Waals surface area contributed by atoms with Crippen molar-refractivity contribution in [2.45, 2.75) is 20.8 Å². The minimum Gasteiger partial charge on any atom is -0.484 e. The van der Waals surface area contributed by atoms with Crippen molar-refractivity contribution in [1.29, 1.82) is 0 Å². The second kappa shape index (κ2) is 8.22. The van der Waals surface area contributed by atoms with Crippen molar-refractivity contribution < 1.29 is 9.53 Å². The molecule has 0 saturated heterocycles. The molecule has 0 unspecified atom stereocenters. The summed E-state index contributed by atoms with van der Waals surface area (Å²) in [5, 5.41) is 15.2. The Balaban J connectivity index is 1.59. The quantitative estimate of drug-likeness (QED) is 0.534. The smallest absolute Gasteiger partial charge is 0.277 e. The largest absolute Gasteiger partial charge is 0.484 e. The van der Waals surface area contributed by atoms with Crippen LogP contribution in [0, 0.1) is 13.8 Å². The van der Waals surface area contributed by atoms with Crippen molar-refractivity contribution in [2.24, 2.45) is 5.10 Å². The van der Waals surface area contributed by atoms with E-state index >= 15 is 0 Å². The number of aryl methyl sites for hydroxylation is 2. The van der Waals surface area contributed by atoms with Gasteiger partial charge in [-0.05, 0) is 72.2 Å². The first-order valence-electron chi connectivity index (χ1n) is 8.40. The number of hydrogen-bond donors (Lipinski definition) is 1.